The Morgan fingerprint density at radius 2 is 2.07 bits per heavy atom. The summed E-state index contributed by atoms with van der Waals surface area (Å²) in [5.74, 6) is -0.585. The number of amides is 1. The predicted molar refractivity (Wildman–Crippen MR) is 104 cm³/mol. The molecule has 0 saturated heterocycles. The number of aryl methyl sites for hydroxylation is 1. The van der Waals surface area contributed by atoms with Crippen molar-refractivity contribution >= 4 is 40.6 Å². The Balaban J connectivity index is 1.80. The van der Waals surface area contributed by atoms with Crippen LogP contribution in [0.5, 0.6) is 0 Å². The molecule has 0 spiro atoms. The molecule has 2 aromatic heterocycles. The molecule has 0 unspecified atom stereocenters. The van der Waals surface area contributed by atoms with Crippen molar-refractivity contribution in [1.29, 1.82) is 0 Å². The van der Waals surface area contributed by atoms with Gasteiger partial charge in [-0.05, 0) is 6.07 Å². The number of hydrogen-bond donors (Lipinski definition) is 1. The van der Waals surface area contributed by atoms with E-state index in [1.165, 1.54) is 54.0 Å². The van der Waals surface area contributed by atoms with Crippen molar-refractivity contribution in [2.24, 2.45) is 19.2 Å². The van der Waals surface area contributed by atoms with Gasteiger partial charge in [0.2, 0.25) is 0 Å². The Labute approximate surface area is 166 Å². The fraction of sp³-hybridized carbons (Fsp3) is 0.188. The summed E-state index contributed by atoms with van der Waals surface area (Å²) in [6, 6.07) is 3.81. The summed E-state index contributed by atoms with van der Waals surface area (Å²) in [6.45, 7) is -0.288. The van der Waals surface area contributed by atoms with Gasteiger partial charge in [0.15, 0.2) is 11.2 Å². The van der Waals surface area contributed by atoms with E-state index in [0.29, 0.717) is 0 Å². The number of aromatic nitrogens is 4. The molecular formula is C16H14ClN7O5. The molecule has 3 aromatic rings. The number of carbonyl (C=O) groups is 1. The number of halogens is 1. The first kappa shape index (κ1) is 19.9. The summed E-state index contributed by atoms with van der Waals surface area (Å²) in [5, 5.41) is 14.8. The van der Waals surface area contributed by atoms with Crippen LogP contribution in [0.3, 0.4) is 0 Å². The quantitative estimate of drug-likeness (QED) is 0.353. The molecule has 1 N–H and O–H groups in total. The van der Waals surface area contributed by atoms with Gasteiger partial charge in [0, 0.05) is 36.8 Å². The van der Waals surface area contributed by atoms with E-state index in [-0.39, 0.29) is 34.0 Å². The van der Waals surface area contributed by atoms with Crippen LogP contribution in [0.25, 0.3) is 11.2 Å². The normalized spacial score (nSPS) is 11.3. The molecule has 0 bridgehead atoms. The molecule has 150 valence electrons. The molecule has 1 aromatic carbocycles. The fourth-order valence-corrected chi connectivity index (χ4v) is 2.79. The molecule has 0 radical (unpaired) electrons. The van der Waals surface area contributed by atoms with Gasteiger partial charge in [0.25, 0.3) is 17.2 Å². The minimum Gasteiger partial charge on any atom is -0.315 e. The number of benzene rings is 1. The molecule has 0 fully saturated rings. The van der Waals surface area contributed by atoms with E-state index >= 15 is 0 Å². The maximum absolute atomic E-state index is 12.3. The molecule has 0 aliphatic heterocycles. The Hall–Kier alpha value is -3.80. The number of nitrogens with one attached hydrogen (secondary N) is 1. The number of nitro groups is 1. The second-order valence-corrected chi connectivity index (χ2v) is 6.41. The number of hydrazone groups is 1. The Bertz CT molecular complexity index is 1290. The van der Waals surface area contributed by atoms with Crippen LogP contribution in [-0.2, 0) is 25.4 Å². The first-order valence-electron chi connectivity index (χ1n) is 8.07. The predicted octanol–water partition coefficient (Wildman–Crippen LogP) is 0.146. The minimum absolute atomic E-state index is 0.0930. The zero-order chi connectivity index (χ0) is 21.3. The van der Waals surface area contributed by atoms with E-state index in [9.17, 15) is 24.5 Å². The Morgan fingerprint density at radius 1 is 1.34 bits per heavy atom. The number of nitrogens with zero attached hydrogens (tertiary/aromatic N) is 6. The van der Waals surface area contributed by atoms with Crippen LogP contribution in [0, 0.1) is 10.1 Å². The van der Waals surface area contributed by atoms with Crippen LogP contribution < -0.4 is 16.7 Å². The van der Waals surface area contributed by atoms with Crippen LogP contribution in [0.15, 0.2) is 39.2 Å². The first-order valence-corrected chi connectivity index (χ1v) is 8.45. The summed E-state index contributed by atoms with van der Waals surface area (Å²) < 4.78 is 3.41. The van der Waals surface area contributed by atoms with Gasteiger partial charge >= 0.3 is 5.69 Å². The average molecular weight is 420 g/mol. The molecule has 0 atom stereocenters. The van der Waals surface area contributed by atoms with Gasteiger partial charge in [-0.2, -0.15) is 5.10 Å². The number of fused-ring (bicyclic) bond motifs is 1. The van der Waals surface area contributed by atoms with E-state index in [1.54, 1.807) is 0 Å². The summed E-state index contributed by atoms with van der Waals surface area (Å²) in [6.07, 6.45) is 2.44. The van der Waals surface area contributed by atoms with Crippen molar-refractivity contribution in [2.45, 2.75) is 6.54 Å². The highest BCUT2D eigenvalue weighted by atomic mass is 35.5. The minimum atomic E-state index is -0.585. The van der Waals surface area contributed by atoms with Crippen LogP contribution in [-0.4, -0.2) is 35.7 Å². The lowest BCUT2D eigenvalue weighted by atomic mass is 10.2. The number of nitro benzene ring substituents is 1. The number of carbonyl (C=O) groups excluding carboxylic acids is 1. The second-order valence-electron chi connectivity index (χ2n) is 6.01. The fourth-order valence-electron chi connectivity index (χ4n) is 2.62. The van der Waals surface area contributed by atoms with Gasteiger partial charge in [-0.15, -0.1) is 0 Å². The van der Waals surface area contributed by atoms with Gasteiger partial charge < -0.3 is 4.57 Å². The number of non-ortho nitro benzene ring substituents is 1. The van der Waals surface area contributed by atoms with E-state index in [2.05, 4.69) is 15.5 Å². The van der Waals surface area contributed by atoms with Crippen molar-refractivity contribution in [3.63, 3.8) is 0 Å². The maximum atomic E-state index is 12.3. The van der Waals surface area contributed by atoms with Crippen molar-refractivity contribution < 1.29 is 9.72 Å². The molecular weight excluding hydrogens is 406 g/mol. The highest BCUT2D eigenvalue weighted by molar-refractivity contribution is 6.33. The molecule has 2 heterocycles. The lowest BCUT2D eigenvalue weighted by Crippen LogP contribution is -2.38. The standard InChI is InChI=1S/C16H14ClN7O5/c1-21-14-13(15(26)22(2)16(21)27)23(8-18-14)7-12(25)20-19-6-9-5-10(24(28)29)3-4-11(9)17/h3-6,8H,7H2,1-2H3,(H,20,25). The van der Waals surface area contributed by atoms with Gasteiger partial charge in [-0.25, -0.2) is 15.2 Å². The highest BCUT2D eigenvalue weighted by Crippen LogP contribution is 2.20. The Morgan fingerprint density at radius 3 is 2.76 bits per heavy atom. The first-order chi connectivity index (χ1) is 13.7. The molecule has 0 aliphatic rings. The summed E-state index contributed by atoms with van der Waals surface area (Å²) in [4.78, 5) is 50.7. The third-order valence-corrected chi connectivity index (χ3v) is 4.46. The van der Waals surface area contributed by atoms with E-state index < -0.39 is 22.1 Å². The van der Waals surface area contributed by atoms with Gasteiger partial charge in [0.05, 0.1) is 17.5 Å². The zero-order valence-electron chi connectivity index (χ0n) is 15.2. The third kappa shape index (κ3) is 3.78. The molecule has 3 rings (SSSR count). The summed E-state index contributed by atoms with van der Waals surface area (Å²) in [5.41, 5.74) is 1.45. The smallest absolute Gasteiger partial charge is 0.315 e. The largest absolute Gasteiger partial charge is 0.332 e. The van der Waals surface area contributed by atoms with E-state index in [0.717, 1.165) is 4.57 Å². The molecule has 12 nitrogen and oxygen atoms in total. The number of hydrogen-bond acceptors (Lipinski definition) is 7. The molecule has 13 heteroatoms. The third-order valence-electron chi connectivity index (χ3n) is 4.11. The molecule has 0 aliphatic carbocycles. The lowest BCUT2D eigenvalue weighted by molar-refractivity contribution is -0.384. The van der Waals surface area contributed by atoms with Crippen molar-refractivity contribution in [2.75, 3.05) is 0 Å². The zero-order valence-corrected chi connectivity index (χ0v) is 16.0. The number of rotatable bonds is 5. The van der Waals surface area contributed by atoms with Gasteiger partial charge in [-0.1, -0.05) is 11.6 Å². The van der Waals surface area contributed by atoms with E-state index in [1.807, 2.05) is 0 Å². The van der Waals surface area contributed by atoms with Crippen LogP contribution in [0.2, 0.25) is 5.02 Å². The molecule has 29 heavy (non-hydrogen) atoms. The second kappa shape index (κ2) is 7.67. The monoisotopic (exact) mass is 419 g/mol. The Kier molecular flexibility index (Phi) is 5.28. The van der Waals surface area contributed by atoms with Gasteiger partial charge in [0.1, 0.15) is 6.54 Å². The average Bonchev–Trinajstić information content (AvgIpc) is 3.09. The topological polar surface area (TPSA) is 146 Å². The SMILES string of the molecule is Cn1c(=O)c2c(ncn2CC(=O)NN=Cc2cc([N+](=O)[O-])ccc2Cl)n(C)c1=O. The van der Waals surface area contributed by atoms with Gasteiger partial charge in [-0.3, -0.25) is 28.8 Å². The van der Waals surface area contributed by atoms with Crippen molar-refractivity contribution in [3.05, 3.63) is 66.1 Å². The molecule has 1 amide bonds. The van der Waals surface area contributed by atoms with E-state index in [4.69, 9.17) is 11.6 Å². The number of imidazole rings is 1. The van der Waals surface area contributed by atoms with Crippen LogP contribution >= 0.6 is 11.6 Å². The molecule has 0 saturated carbocycles. The van der Waals surface area contributed by atoms with Crippen LogP contribution in [0.4, 0.5) is 5.69 Å². The maximum Gasteiger partial charge on any atom is 0.332 e. The van der Waals surface area contributed by atoms with Crippen LogP contribution in [0.1, 0.15) is 5.56 Å². The lowest BCUT2D eigenvalue weighted by Gasteiger charge is -2.06. The van der Waals surface area contributed by atoms with Crippen molar-refractivity contribution in [1.82, 2.24) is 24.1 Å². The van der Waals surface area contributed by atoms with Crippen molar-refractivity contribution in [3.8, 4) is 0 Å². The summed E-state index contributed by atoms with van der Waals surface area (Å²) in [7, 11) is 2.79. The summed E-state index contributed by atoms with van der Waals surface area (Å²) >= 11 is 5.95. The highest BCUT2D eigenvalue weighted by Gasteiger charge is 2.15.